The summed E-state index contributed by atoms with van der Waals surface area (Å²) in [5.74, 6) is -0.0243. The van der Waals surface area contributed by atoms with E-state index in [9.17, 15) is 4.79 Å². The second-order valence-electron chi connectivity index (χ2n) is 3.58. The Kier molecular flexibility index (Phi) is 3.08. The van der Waals surface area contributed by atoms with E-state index < -0.39 is 0 Å². The van der Waals surface area contributed by atoms with Gasteiger partial charge in [0.05, 0.1) is 19.3 Å². The smallest absolute Gasteiger partial charge is 0.190 e. The van der Waals surface area contributed by atoms with Crippen molar-refractivity contribution in [2.24, 2.45) is 11.7 Å². The van der Waals surface area contributed by atoms with E-state index in [2.05, 4.69) is 10.3 Å². The van der Waals surface area contributed by atoms with Crippen molar-refractivity contribution >= 4 is 5.78 Å². The molecular formula is C9H14N4O2. The predicted octanol–water partition coefficient (Wildman–Crippen LogP) is -0.544. The molecule has 0 aliphatic carbocycles. The van der Waals surface area contributed by atoms with Crippen LogP contribution in [0.5, 0.6) is 0 Å². The highest BCUT2D eigenvalue weighted by Crippen LogP contribution is 2.16. The van der Waals surface area contributed by atoms with Crippen LogP contribution in [0.2, 0.25) is 0 Å². The summed E-state index contributed by atoms with van der Waals surface area (Å²) in [7, 11) is 0. The third-order valence-electron chi connectivity index (χ3n) is 2.45. The molecule has 1 saturated heterocycles. The second kappa shape index (κ2) is 4.50. The maximum Gasteiger partial charge on any atom is 0.190 e. The van der Waals surface area contributed by atoms with E-state index >= 15 is 0 Å². The molecule has 0 spiro atoms. The van der Waals surface area contributed by atoms with Crippen LogP contribution in [0.25, 0.3) is 0 Å². The minimum Gasteiger partial charge on any atom is -0.381 e. The number of ether oxygens (including phenoxy) is 1. The van der Waals surface area contributed by atoms with Gasteiger partial charge in [0, 0.05) is 19.1 Å². The molecule has 0 amide bonds. The molecule has 6 nitrogen and oxygen atoms in total. The van der Waals surface area contributed by atoms with Crippen molar-refractivity contribution in [1.82, 2.24) is 15.0 Å². The van der Waals surface area contributed by atoms with E-state index in [0.717, 1.165) is 6.42 Å². The van der Waals surface area contributed by atoms with Gasteiger partial charge < -0.3 is 10.5 Å². The fraction of sp³-hybridized carbons (Fsp3) is 0.667. The maximum absolute atomic E-state index is 11.8. The largest absolute Gasteiger partial charge is 0.381 e. The van der Waals surface area contributed by atoms with Crippen LogP contribution >= 0.6 is 0 Å². The number of hydrogen-bond donors (Lipinski definition) is 1. The minimum absolute atomic E-state index is 0.0239. The lowest BCUT2D eigenvalue weighted by Crippen LogP contribution is -2.15. The van der Waals surface area contributed by atoms with Crippen molar-refractivity contribution in [2.75, 3.05) is 19.8 Å². The zero-order valence-corrected chi connectivity index (χ0v) is 8.43. The van der Waals surface area contributed by atoms with Gasteiger partial charge in [-0.05, 0) is 6.42 Å². The summed E-state index contributed by atoms with van der Waals surface area (Å²) >= 11 is 0. The Bertz CT molecular complexity index is 344. The lowest BCUT2D eigenvalue weighted by molar-refractivity contribution is 0.0895. The Labute approximate surface area is 87.4 Å². The molecule has 15 heavy (non-hydrogen) atoms. The average molecular weight is 210 g/mol. The summed E-state index contributed by atoms with van der Waals surface area (Å²) in [6, 6.07) is 0. The Morgan fingerprint density at radius 1 is 1.73 bits per heavy atom. The summed E-state index contributed by atoms with van der Waals surface area (Å²) in [6.45, 7) is 2.24. The number of Topliss-reactive ketones (excluding diaryl/α,β-unsaturated/α-hetero) is 1. The molecule has 6 heteroatoms. The van der Waals surface area contributed by atoms with Gasteiger partial charge in [-0.2, -0.15) is 0 Å². The topological polar surface area (TPSA) is 83.0 Å². The number of hydrogen-bond acceptors (Lipinski definition) is 5. The van der Waals surface area contributed by atoms with Crippen molar-refractivity contribution in [3.8, 4) is 0 Å². The van der Waals surface area contributed by atoms with Crippen LogP contribution in [0.15, 0.2) is 6.20 Å². The summed E-state index contributed by atoms with van der Waals surface area (Å²) in [5, 5.41) is 7.66. The Balaban J connectivity index is 2.04. The van der Waals surface area contributed by atoms with Crippen LogP contribution in [-0.2, 0) is 11.3 Å². The number of rotatable bonds is 4. The first-order valence-corrected chi connectivity index (χ1v) is 5.03. The van der Waals surface area contributed by atoms with E-state index in [4.69, 9.17) is 10.5 Å². The Morgan fingerprint density at radius 3 is 3.27 bits per heavy atom. The maximum atomic E-state index is 11.8. The highest BCUT2D eigenvalue weighted by molar-refractivity contribution is 5.95. The van der Waals surface area contributed by atoms with E-state index in [0.29, 0.717) is 32.0 Å². The number of nitrogens with zero attached hydrogens (tertiary/aromatic N) is 3. The van der Waals surface area contributed by atoms with Crippen molar-refractivity contribution in [3.05, 3.63) is 11.9 Å². The van der Waals surface area contributed by atoms with E-state index in [1.807, 2.05) is 0 Å². The molecule has 1 aliphatic heterocycles. The molecule has 2 heterocycles. The van der Waals surface area contributed by atoms with E-state index in [1.165, 1.54) is 0 Å². The second-order valence-corrected chi connectivity index (χ2v) is 3.58. The van der Waals surface area contributed by atoms with Gasteiger partial charge in [0.15, 0.2) is 5.78 Å². The fourth-order valence-electron chi connectivity index (χ4n) is 1.60. The zero-order chi connectivity index (χ0) is 10.7. The molecule has 0 bridgehead atoms. The third kappa shape index (κ3) is 2.21. The van der Waals surface area contributed by atoms with Gasteiger partial charge in [0.25, 0.3) is 0 Å². The SMILES string of the molecule is NCCn1cc(C(=O)C2CCOC2)nn1. The van der Waals surface area contributed by atoms with Crippen molar-refractivity contribution < 1.29 is 9.53 Å². The molecule has 0 aromatic carbocycles. The first-order chi connectivity index (χ1) is 7.31. The molecule has 1 atom stereocenters. The van der Waals surface area contributed by atoms with Gasteiger partial charge in [-0.15, -0.1) is 5.10 Å². The lowest BCUT2D eigenvalue weighted by Gasteiger charge is -2.01. The molecule has 0 saturated carbocycles. The van der Waals surface area contributed by atoms with Crippen molar-refractivity contribution in [1.29, 1.82) is 0 Å². The van der Waals surface area contributed by atoms with Crippen molar-refractivity contribution in [2.45, 2.75) is 13.0 Å². The fourth-order valence-corrected chi connectivity index (χ4v) is 1.60. The molecular weight excluding hydrogens is 196 g/mol. The molecule has 0 radical (unpaired) electrons. The highest BCUT2D eigenvalue weighted by atomic mass is 16.5. The van der Waals surface area contributed by atoms with Gasteiger partial charge in [-0.3, -0.25) is 9.48 Å². The minimum atomic E-state index is -0.0481. The van der Waals surface area contributed by atoms with E-state index in [1.54, 1.807) is 10.9 Å². The standard InChI is InChI=1S/C9H14N4O2/c10-2-3-13-5-8(11-12-13)9(14)7-1-4-15-6-7/h5,7H,1-4,6,10H2. The monoisotopic (exact) mass is 210 g/mol. The number of carbonyl (C=O) groups excluding carboxylic acids is 1. The van der Waals surface area contributed by atoms with Gasteiger partial charge in [-0.1, -0.05) is 5.21 Å². The molecule has 1 fully saturated rings. The van der Waals surface area contributed by atoms with Gasteiger partial charge in [0.2, 0.25) is 0 Å². The first kappa shape index (κ1) is 10.3. The Morgan fingerprint density at radius 2 is 2.60 bits per heavy atom. The highest BCUT2D eigenvalue weighted by Gasteiger charge is 2.26. The van der Waals surface area contributed by atoms with Gasteiger partial charge in [0.1, 0.15) is 5.69 Å². The number of aromatic nitrogens is 3. The van der Waals surface area contributed by atoms with Crippen LogP contribution in [-0.4, -0.2) is 40.5 Å². The third-order valence-corrected chi connectivity index (χ3v) is 2.45. The molecule has 2 N–H and O–H groups in total. The quantitative estimate of drug-likeness (QED) is 0.674. The van der Waals surface area contributed by atoms with Crippen molar-refractivity contribution in [3.63, 3.8) is 0 Å². The lowest BCUT2D eigenvalue weighted by atomic mass is 10.0. The Hall–Kier alpha value is -1.27. The zero-order valence-electron chi connectivity index (χ0n) is 8.43. The molecule has 1 aliphatic rings. The van der Waals surface area contributed by atoms with E-state index in [-0.39, 0.29) is 11.7 Å². The average Bonchev–Trinajstić information content (AvgIpc) is 2.87. The molecule has 82 valence electrons. The number of ketones is 1. The summed E-state index contributed by atoms with van der Waals surface area (Å²) < 4.78 is 6.74. The molecule has 1 aromatic rings. The van der Waals surface area contributed by atoms with Crippen LogP contribution in [0.1, 0.15) is 16.9 Å². The predicted molar refractivity (Wildman–Crippen MR) is 52.3 cm³/mol. The van der Waals surface area contributed by atoms with Crippen LogP contribution in [0.4, 0.5) is 0 Å². The number of carbonyl (C=O) groups is 1. The van der Waals surface area contributed by atoms with Crippen LogP contribution in [0, 0.1) is 5.92 Å². The summed E-state index contributed by atoms with van der Waals surface area (Å²) in [4.78, 5) is 11.8. The van der Waals surface area contributed by atoms with Crippen LogP contribution < -0.4 is 5.73 Å². The molecule has 2 rings (SSSR count). The first-order valence-electron chi connectivity index (χ1n) is 5.03. The number of nitrogens with two attached hydrogens (primary N) is 1. The van der Waals surface area contributed by atoms with Gasteiger partial charge in [-0.25, -0.2) is 0 Å². The normalized spacial score (nSPS) is 20.7. The van der Waals surface area contributed by atoms with Crippen LogP contribution in [0.3, 0.4) is 0 Å². The summed E-state index contributed by atoms with van der Waals surface area (Å²) in [5.41, 5.74) is 5.79. The molecule has 1 aromatic heterocycles. The summed E-state index contributed by atoms with van der Waals surface area (Å²) in [6.07, 6.45) is 2.43. The molecule has 1 unspecified atom stereocenters. The van der Waals surface area contributed by atoms with Gasteiger partial charge >= 0.3 is 0 Å².